The van der Waals surface area contributed by atoms with E-state index in [-0.39, 0.29) is 18.3 Å². The maximum absolute atomic E-state index is 12.3. The molecule has 1 aliphatic carbocycles. The standard InChI is InChI=1S/C17H21ClN4O2/c1-2-5-12(23)10-19-17(24)15-20-16(11-8-9-11)22(21-15)14-7-4-3-6-13(14)18/h3-4,6-7,11-12,23H,2,5,8-10H2,1H3,(H,19,24). The largest absolute Gasteiger partial charge is 0.391 e. The van der Waals surface area contributed by atoms with Gasteiger partial charge in [0.05, 0.1) is 16.8 Å². The average molecular weight is 349 g/mol. The molecule has 6 nitrogen and oxygen atoms in total. The van der Waals surface area contributed by atoms with E-state index in [1.807, 2.05) is 25.1 Å². The Labute approximate surface area is 145 Å². The first kappa shape index (κ1) is 16.9. The predicted octanol–water partition coefficient (Wildman–Crippen LogP) is 2.69. The molecule has 1 fully saturated rings. The Morgan fingerprint density at radius 1 is 1.46 bits per heavy atom. The molecule has 2 N–H and O–H groups in total. The summed E-state index contributed by atoms with van der Waals surface area (Å²) in [4.78, 5) is 16.7. The van der Waals surface area contributed by atoms with E-state index in [0.717, 1.165) is 30.8 Å². The number of aliphatic hydroxyl groups is 1. The number of amides is 1. The highest BCUT2D eigenvalue weighted by molar-refractivity contribution is 6.32. The molecule has 24 heavy (non-hydrogen) atoms. The van der Waals surface area contributed by atoms with Gasteiger partial charge in [-0.3, -0.25) is 4.79 Å². The normalized spacial score (nSPS) is 15.3. The fourth-order valence-electron chi connectivity index (χ4n) is 2.55. The van der Waals surface area contributed by atoms with Crippen LogP contribution < -0.4 is 5.32 Å². The number of nitrogens with zero attached hydrogens (tertiary/aromatic N) is 3. The first-order chi connectivity index (χ1) is 11.6. The Kier molecular flexibility index (Phi) is 5.16. The second-order valence-corrected chi connectivity index (χ2v) is 6.49. The van der Waals surface area contributed by atoms with Gasteiger partial charge in [-0.1, -0.05) is 37.1 Å². The van der Waals surface area contributed by atoms with Gasteiger partial charge in [0, 0.05) is 12.5 Å². The van der Waals surface area contributed by atoms with E-state index in [2.05, 4.69) is 15.4 Å². The highest BCUT2D eigenvalue weighted by atomic mass is 35.5. The third-order valence-electron chi connectivity index (χ3n) is 3.98. The van der Waals surface area contributed by atoms with Crippen LogP contribution in [0, 0.1) is 0 Å². The molecule has 0 radical (unpaired) electrons. The lowest BCUT2D eigenvalue weighted by Crippen LogP contribution is -2.32. The Balaban J connectivity index is 1.82. The van der Waals surface area contributed by atoms with Gasteiger partial charge >= 0.3 is 0 Å². The molecule has 3 rings (SSSR count). The zero-order chi connectivity index (χ0) is 17.1. The number of carbonyl (C=O) groups is 1. The van der Waals surface area contributed by atoms with Crippen LogP contribution in [0.1, 0.15) is 55.0 Å². The molecule has 1 aromatic carbocycles. The van der Waals surface area contributed by atoms with Crippen molar-refractivity contribution in [1.29, 1.82) is 0 Å². The molecule has 1 unspecified atom stereocenters. The lowest BCUT2D eigenvalue weighted by molar-refractivity contribution is 0.0900. The zero-order valence-corrected chi connectivity index (χ0v) is 14.3. The van der Waals surface area contributed by atoms with Gasteiger partial charge in [0.15, 0.2) is 0 Å². The molecule has 1 saturated carbocycles. The maximum Gasteiger partial charge on any atom is 0.291 e. The van der Waals surface area contributed by atoms with Gasteiger partial charge in [-0.15, -0.1) is 5.10 Å². The van der Waals surface area contributed by atoms with Crippen molar-refractivity contribution in [3.8, 4) is 5.69 Å². The SMILES string of the molecule is CCCC(O)CNC(=O)c1nc(C2CC2)n(-c2ccccc2Cl)n1. The van der Waals surface area contributed by atoms with Gasteiger partial charge in [0.2, 0.25) is 5.82 Å². The molecule has 0 spiro atoms. The third-order valence-corrected chi connectivity index (χ3v) is 4.30. The number of hydrogen-bond donors (Lipinski definition) is 2. The van der Waals surface area contributed by atoms with Gasteiger partial charge in [0.1, 0.15) is 5.82 Å². The summed E-state index contributed by atoms with van der Waals surface area (Å²) >= 11 is 6.26. The van der Waals surface area contributed by atoms with E-state index in [4.69, 9.17) is 11.6 Å². The molecule has 1 aliphatic rings. The highest BCUT2D eigenvalue weighted by Gasteiger charge is 2.32. The fraction of sp³-hybridized carbons (Fsp3) is 0.471. The molecule has 0 aliphatic heterocycles. The van der Waals surface area contributed by atoms with Crippen molar-refractivity contribution in [3.05, 3.63) is 40.9 Å². The van der Waals surface area contributed by atoms with Crippen molar-refractivity contribution in [3.63, 3.8) is 0 Å². The molecule has 0 saturated heterocycles. The number of para-hydroxylation sites is 1. The smallest absolute Gasteiger partial charge is 0.291 e. The van der Waals surface area contributed by atoms with Crippen LogP contribution in [0.4, 0.5) is 0 Å². The second-order valence-electron chi connectivity index (χ2n) is 6.08. The summed E-state index contributed by atoms with van der Waals surface area (Å²) in [5.74, 6) is 0.821. The molecule has 1 amide bonds. The maximum atomic E-state index is 12.3. The number of nitrogens with one attached hydrogen (secondary N) is 1. The zero-order valence-electron chi connectivity index (χ0n) is 13.6. The van der Waals surface area contributed by atoms with Crippen LogP contribution in [0.3, 0.4) is 0 Å². The lowest BCUT2D eigenvalue weighted by atomic mass is 10.2. The Morgan fingerprint density at radius 2 is 2.21 bits per heavy atom. The van der Waals surface area contributed by atoms with Gasteiger partial charge < -0.3 is 10.4 Å². The Morgan fingerprint density at radius 3 is 2.88 bits per heavy atom. The molecule has 7 heteroatoms. The summed E-state index contributed by atoms with van der Waals surface area (Å²) in [7, 11) is 0. The van der Waals surface area contributed by atoms with Crippen LogP contribution in [0.25, 0.3) is 5.69 Å². The molecule has 128 valence electrons. The summed E-state index contributed by atoms with van der Waals surface area (Å²) in [6.07, 6.45) is 3.04. The van der Waals surface area contributed by atoms with Crippen LogP contribution in [0.15, 0.2) is 24.3 Å². The molecular weight excluding hydrogens is 328 g/mol. The van der Waals surface area contributed by atoms with Crippen molar-refractivity contribution < 1.29 is 9.90 Å². The van der Waals surface area contributed by atoms with E-state index in [1.165, 1.54) is 0 Å². The van der Waals surface area contributed by atoms with Gasteiger partial charge in [-0.2, -0.15) is 0 Å². The Bertz CT molecular complexity index is 727. The molecular formula is C17H21ClN4O2. The minimum Gasteiger partial charge on any atom is -0.391 e. The number of benzene rings is 1. The van der Waals surface area contributed by atoms with Crippen molar-refractivity contribution in [2.45, 2.75) is 44.6 Å². The number of rotatable bonds is 7. The lowest BCUT2D eigenvalue weighted by Gasteiger charge is -2.09. The fourth-order valence-corrected chi connectivity index (χ4v) is 2.77. The van der Waals surface area contributed by atoms with E-state index >= 15 is 0 Å². The number of aromatic nitrogens is 3. The molecule has 0 bridgehead atoms. The summed E-state index contributed by atoms with van der Waals surface area (Å²) in [5, 5.41) is 17.3. The number of hydrogen-bond acceptors (Lipinski definition) is 4. The third kappa shape index (κ3) is 3.76. The molecule has 2 aromatic rings. The van der Waals surface area contributed by atoms with E-state index in [0.29, 0.717) is 17.4 Å². The quantitative estimate of drug-likeness (QED) is 0.806. The van der Waals surface area contributed by atoms with E-state index < -0.39 is 6.10 Å². The number of aliphatic hydroxyl groups excluding tert-OH is 1. The Hall–Kier alpha value is -1.92. The van der Waals surface area contributed by atoms with Crippen LogP contribution in [-0.2, 0) is 0 Å². The molecule has 1 aromatic heterocycles. The minimum absolute atomic E-state index is 0.112. The van der Waals surface area contributed by atoms with Gasteiger partial charge in [0.25, 0.3) is 5.91 Å². The van der Waals surface area contributed by atoms with Crippen molar-refractivity contribution in [2.24, 2.45) is 0 Å². The monoisotopic (exact) mass is 348 g/mol. The van der Waals surface area contributed by atoms with E-state index in [9.17, 15) is 9.90 Å². The van der Waals surface area contributed by atoms with Crippen LogP contribution in [0.2, 0.25) is 5.02 Å². The average Bonchev–Trinajstić information content (AvgIpc) is 3.32. The summed E-state index contributed by atoms with van der Waals surface area (Å²) in [5.41, 5.74) is 0.721. The predicted molar refractivity (Wildman–Crippen MR) is 91.6 cm³/mol. The van der Waals surface area contributed by atoms with Crippen LogP contribution >= 0.6 is 11.6 Å². The second kappa shape index (κ2) is 7.32. The summed E-state index contributed by atoms with van der Waals surface area (Å²) < 4.78 is 1.66. The molecule has 1 heterocycles. The first-order valence-corrected chi connectivity index (χ1v) is 8.66. The minimum atomic E-state index is -0.549. The number of carbonyl (C=O) groups excluding carboxylic acids is 1. The van der Waals surface area contributed by atoms with Crippen molar-refractivity contribution in [2.75, 3.05) is 6.54 Å². The summed E-state index contributed by atoms with van der Waals surface area (Å²) in [6, 6.07) is 7.37. The van der Waals surface area contributed by atoms with Crippen LogP contribution in [-0.4, -0.2) is 38.4 Å². The van der Waals surface area contributed by atoms with E-state index in [1.54, 1.807) is 10.7 Å². The first-order valence-electron chi connectivity index (χ1n) is 8.28. The van der Waals surface area contributed by atoms with Gasteiger partial charge in [-0.25, -0.2) is 9.67 Å². The topological polar surface area (TPSA) is 80.0 Å². The van der Waals surface area contributed by atoms with Crippen molar-refractivity contribution >= 4 is 17.5 Å². The van der Waals surface area contributed by atoms with Crippen molar-refractivity contribution in [1.82, 2.24) is 20.1 Å². The van der Waals surface area contributed by atoms with Crippen LogP contribution in [0.5, 0.6) is 0 Å². The molecule has 1 atom stereocenters. The summed E-state index contributed by atoms with van der Waals surface area (Å²) in [6.45, 7) is 2.19. The highest BCUT2D eigenvalue weighted by Crippen LogP contribution is 2.40. The number of halogens is 1. The van der Waals surface area contributed by atoms with Gasteiger partial charge in [-0.05, 0) is 31.4 Å².